The summed E-state index contributed by atoms with van der Waals surface area (Å²) in [5.41, 5.74) is 2.02. The van der Waals surface area contributed by atoms with E-state index in [-0.39, 0.29) is 18.9 Å². The number of aromatic nitrogens is 3. The smallest absolute Gasteiger partial charge is 0.327 e. The van der Waals surface area contributed by atoms with E-state index in [1.54, 1.807) is 6.92 Å². The first-order valence-corrected chi connectivity index (χ1v) is 6.98. The lowest BCUT2D eigenvalue weighted by Crippen LogP contribution is -2.15. The fraction of sp³-hybridized carbons (Fsp3) is 0.333. The van der Waals surface area contributed by atoms with Crippen LogP contribution in [0.3, 0.4) is 0 Å². The van der Waals surface area contributed by atoms with Crippen molar-refractivity contribution in [1.29, 1.82) is 0 Å². The van der Waals surface area contributed by atoms with Crippen LogP contribution in [0.4, 0.5) is 5.82 Å². The molecule has 1 aromatic carbocycles. The quantitative estimate of drug-likeness (QED) is 0.814. The molecule has 1 heterocycles. The highest BCUT2D eigenvalue weighted by atomic mass is 16.5. The molecule has 0 fully saturated rings. The molecule has 2 rings (SSSR count). The van der Waals surface area contributed by atoms with Gasteiger partial charge in [0.05, 0.1) is 19.2 Å². The average molecular weight is 302 g/mol. The third kappa shape index (κ3) is 4.41. The molecule has 0 bridgehead atoms. The maximum absolute atomic E-state index is 12.0. The molecule has 0 unspecified atom stereocenters. The van der Waals surface area contributed by atoms with E-state index in [0.29, 0.717) is 12.4 Å². The van der Waals surface area contributed by atoms with Gasteiger partial charge in [-0.2, -0.15) is 0 Å². The summed E-state index contributed by atoms with van der Waals surface area (Å²) in [6.45, 7) is 3.97. The predicted octanol–water partition coefficient (Wildman–Crippen LogP) is 1.33. The summed E-state index contributed by atoms with van der Waals surface area (Å²) in [5.74, 6) is -0.273. The fourth-order valence-corrected chi connectivity index (χ4v) is 1.94. The molecule has 1 amide bonds. The lowest BCUT2D eigenvalue weighted by Gasteiger charge is -2.04. The highest BCUT2D eigenvalue weighted by molar-refractivity contribution is 5.91. The molecule has 0 saturated carbocycles. The van der Waals surface area contributed by atoms with Gasteiger partial charge in [0.15, 0.2) is 5.82 Å². The zero-order valence-corrected chi connectivity index (χ0v) is 12.6. The zero-order valence-electron chi connectivity index (χ0n) is 12.6. The van der Waals surface area contributed by atoms with E-state index in [4.69, 9.17) is 4.74 Å². The molecular weight excluding hydrogens is 284 g/mol. The van der Waals surface area contributed by atoms with Crippen molar-refractivity contribution in [3.05, 3.63) is 41.6 Å². The van der Waals surface area contributed by atoms with Crippen molar-refractivity contribution < 1.29 is 14.3 Å². The molecule has 7 nitrogen and oxygen atoms in total. The Morgan fingerprint density at radius 1 is 1.32 bits per heavy atom. The Bertz CT molecular complexity index is 666. The summed E-state index contributed by atoms with van der Waals surface area (Å²) < 4.78 is 6.13. The molecule has 0 saturated heterocycles. The first-order valence-electron chi connectivity index (χ1n) is 6.98. The Morgan fingerprint density at radius 3 is 2.82 bits per heavy atom. The Morgan fingerprint density at radius 2 is 2.09 bits per heavy atom. The molecule has 22 heavy (non-hydrogen) atoms. The normalized spacial score (nSPS) is 10.3. The van der Waals surface area contributed by atoms with Crippen molar-refractivity contribution in [2.75, 3.05) is 11.9 Å². The van der Waals surface area contributed by atoms with Crippen LogP contribution in [0.5, 0.6) is 0 Å². The lowest BCUT2D eigenvalue weighted by atomic mass is 10.1. The molecule has 0 aliphatic carbocycles. The largest absolute Gasteiger partial charge is 0.465 e. The van der Waals surface area contributed by atoms with Gasteiger partial charge in [0, 0.05) is 0 Å². The molecule has 7 heteroatoms. The molecule has 0 radical (unpaired) electrons. The van der Waals surface area contributed by atoms with E-state index in [2.05, 4.69) is 15.6 Å². The minimum Gasteiger partial charge on any atom is -0.465 e. The van der Waals surface area contributed by atoms with Crippen molar-refractivity contribution in [2.24, 2.45) is 0 Å². The van der Waals surface area contributed by atoms with E-state index in [0.717, 1.165) is 11.1 Å². The van der Waals surface area contributed by atoms with Crippen molar-refractivity contribution in [1.82, 2.24) is 15.0 Å². The number of ether oxygens (including phenoxy) is 1. The van der Waals surface area contributed by atoms with Crippen LogP contribution >= 0.6 is 0 Å². The van der Waals surface area contributed by atoms with Gasteiger partial charge in [-0.15, -0.1) is 5.10 Å². The molecule has 0 aliphatic rings. The lowest BCUT2D eigenvalue weighted by molar-refractivity contribution is -0.144. The first kappa shape index (κ1) is 15.7. The van der Waals surface area contributed by atoms with Gasteiger partial charge in [0.2, 0.25) is 5.91 Å². The number of nitrogens with one attached hydrogen (secondary N) is 1. The number of anilines is 1. The number of nitrogens with zero attached hydrogens (tertiary/aromatic N) is 3. The summed E-state index contributed by atoms with van der Waals surface area (Å²) in [7, 11) is 0. The van der Waals surface area contributed by atoms with Gasteiger partial charge in [-0.3, -0.25) is 9.59 Å². The van der Waals surface area contributed by atoms with Crippen LogP contribution in [0.2, 0.25) is 0 Å². The summed E-state index contributed by atoms with van der Waals surface area (Å²) in [6.07, 6.45) is 1.75. The summed E-state index contributed by atoms with van der Waals surface area (Å²) in [6, 6.07) is 7.69. The molecule has 0 atom stereocenters. The Labute approximate surface area is 128 Å². The molecule has 116 valence electrons. The number of rotatable bonds is 6. The van der Waals surface area contributed by atoms with Gasteiger partial charge in [-0.05, 0) is 25.0 Å². The molecule has 2 aromatic rings. The van der Waals surface area contributed by atoms with Gasteiger partial charge >= 0.3 is 5.97 Å². The van der Waals surface area contributed by atoms with E-state index in [9.17, 15) is 9.59 Å². The van der Waals surface area contributed by atoms with Crippen LogP contribution in [0.1, 0.15) is 18.1 Å². The minimum atomic E-state index is -0.398. The number of hydrogen-bond acceptors (Lipinski definition) is 5. The van der Waals surface area contributed by atoms with E-state index in [1.165, 1.54) is 10.9 Å². The van der Waals surface area contributed by atoms with Crippen molar-refractivity contribution in [2.45, 2.75) is 26.8 Å². The molecule has 1 N–H and O–H groups in total. The SMILES string of the molecule is CCOC(=O)Cn1cc(NC(=O)Cc2ccccc2C)nn1. The number of benzene rings is 1. The van der Waals surface area contributed by atoms with Crippen LogP contribution in [0.15, 0.2) is 30.5 Å². The number of hydrogen-bond donors (Lipinski definition) is 1. The topological polar surface area (TPSA) is 86.1 Å². The maximum Gasteiger partial charge on any atom is 0.327 e. The van der Waals surface area contributed by atoms with Crippen molar-refractivity contribution >= 4 is 17.7 Å². The van der Waals surface area contributed by atoms with Crippen molar-refractivity contribution in [3.8, 4) is 0 Å². The number of carbonyl (C=O) groups is 2. The van der Waals surface area contributed by atoms with Crippen LogP contribution in [-0.4, -0.2) is 33.5 Å². The third-order valence-electron chi connectivity index (χ3n) is 3.01. The number of aryl methyl sites for hydroxylation is 1. The van der Waals surface area contributed by atoms with Crippen LogP contribution < -0.4 is 5.32 Å². The molecular formula is C15H18N4O3. The van der Waals surface area contributed by atoms with Gasteiger partial charge < -0.3 is 10.1 Å². The van der Waals surface area contributed by atoms with Gasteiger partial charge in [0.1, 0.15) is 6.54 Å². The summed E-state index contributed by atoms with van der Waals surface area (Å²) in [5, 5.41) is 10.2. The predicted molar refractivity (Wildman–Crippen MR) is 80.2 cm³/mol. The standard InChI is InChI=1S/C15H18N4O3/c1-3-22-15(21)10-19-9-13(17-18-19)16-14(20)8-12-7-5-4-6-11(12)2/h4-7,9H,3,8,10H2,1-2H3,(H,16,20). The number of amides is 1. The second-order valence-electron chi connectivity index (χ2n) is 4.76. The summed E-state index contributed by atoms with van der Waals surface area (Å²) >= 11 is 0. The number of esters is 1. The molecule has 0 spiro atoms. The maximum atomic E-state index is 12.0. The Hall–Kier alpha value is -2.70. The average Bonchev–Trinajstić information content (AvgIpc) is 2.88. The van der Waals surface area contributed by atoms with Gasteiger partial charge in [0.25, 0.3) is 0 Å². The fourth-order valence-electron chi connectivity index (χ4n) is 1.94. The monoisotopic (exact) mass is 302 g/mol. The Kier molecular flexibility index (Phi) is 5.24. The first-order chi connectivity index (χ1) is 10.6. The van der Waals surface area contributed by atoms with Gasteiger partial charge in [-0.1, -0.05) is 29.5 Å². The van der Waals surface area contributed by atoms with E-state index < -0.39 is 5.97 Å². The Balaban J connectivity index is 1.91. The van der Waals surface area contributed by atoms with Crippen molar-refractivity contribution in [3.63, 3.8) is 0 Å². The minimum absolute atomic E-state index is 0.0332. The van der Waals surface area contributed by atoms with E-state index in [1.807, 2.05) is 31.2 Å². The van der Waals surface area contributed by atoms with Crippen LogP contribution in [0.25, 0.3) is 0 Å². The third-order valence-corrected chi connectivity index (χ3v) is 3.01. The van der Waals surface area contributed by atoms with Crippen LogP contribution in [0, 0.1) is 6.92 Å². The van der Waals surface area contributed by atoms with Gasteiger partial charge in [-0.25, -0.2) is 4.68 Å². The highest BCUT2D eigenvalue weighted by Crippen LogP contribution is 2.09. The summed E-state index contributed by atoms with van der Waals surface area (Å²) in [4.78, 5) is 23.3. The highest BCUT2D eigenvalue weighted by Gasteiger charge is 2.10. The second kappa shape index (κ2) is 7.35. The second-order valence-corrected chi connectivity index (χ2v) is 4.76. The molecule has 1 aromatic heterocycles. The van der Waals surface area contributed by atoms with E-state index >= 15 is 0 Å². The van der Waals surface area contributed by atoms with Crippen LogP contribution in [-0.2, 0) is 27.3 Å². The molecule has 0 aliphatic heterocycles. The number of carbonyl (C=O) groups excluding carboxylic acids is 2. The zero-order chi connectivity index (χ0) is 15.9.